The first-order valence-electron chi connectivity index (χ1n) is 15.4. The SMILES string of the molecule is Nc1ccc(N=Nc2cccc(N=C(O)Nc3cccc(N=Nc4c(S(=O)(=O)O)cc5ccc(N=Nc6ccc(N)cc6N)cc5c4[O-])c3)c2)c(N)c1.[Na+]. The molecule has 0 fully saturated rings. The van der Waals surface area contributed by atoms with Gasteiger partial charge in [0.15, 0.2) is 0 Å². The minimum absolute atomic E-state index is 0. The molecule has 0 radical (unpaired) electrons. The van der Waals surface area contributed by atoms with E-state index in [2.05, 4.69) is 41.0 Å². The van der Waals surface area contributed by atoms with Gasteiger partial charge >= 0.3 is 29.6 Å². The van der Waals surface area contributed by atoms with Crippen molar-refractivity contribution in [2.24, 2.45) is 35.7 Å². The molecule has 6 rings (SSSR count). The van der Waals surface area contributed by atoms with Crippen LogP contribution in [0.1, 0.15) is 0 Å². The number of amidine groups is 1. The minimum atomic E-state index is -4.90. The van der Waals surface area contributed by atoms with Crippen LogP contribution in [0.4, 0.5) is 68.2 Å². The van der Waals surface area contributed by atoms with E-state index in [1.54, 1.807) is 66.7 Å². The van der Waals surface area contributed by atoms with Gasteiger partial charge in [0.1, 0.15) is 16.3 Å². The second-order valence-corrected chi connectivity index (χ2v) is 12.7. The van der Waals surface area contributed by atoms with E-state index < -0.39 is 32.5 Å². The summed E-state index contributed by atoms with van der Waals surface area (Å²) in [5, 5.41) is 51.6. The van der Waals surface area contributed by atoms with E-state index in [9.17, 15) is 23.2 Å². The van der Waals surface area contributed by atoms with Gasteiger partial charge in [-0.25, -0.2) is 0 Å². The number of anilines is 5. The molecule has 6 aromatic carbocycles. The maximum atomic E-state index is 13.6. The number of benzene rings is 6. The number of aliphatic hydroxyl groups is 1. The number of nitrogens with one attached hydrogen (secondary N) is 1. The van der Waals surface area contributed by atoms with E-state index in [0.717, 1.165) is 6.07 Å². The molecule has 11 N–H and O–H groups in total. The van der Waals surface area contributed by atoms with Gasteiger partial charge in [-0.1, -0.05) is 23.9 Å². The Bertz CT molecular complexity index is 2620. The summed E-state index contributed by atoms with van der Waals surface area (Å²) >= 11 is 0. The van der Waals surface area contributed by atoms with Crippen LogP contribution in [0.15, 0.2) is 150 Å². The zero-order valence-corrected chi connectivity index (χ0v) is 31.2. The average molecular weight is 753 g/mol. The zero-order chi connectivity index (χ0) is 37.7. The van der Waals surface area contributed by atoms with Gasteiger partial charge in [0.25, 0.3) is 16.1 Å². The van der Waals surface area contributed by atoms with Crippen molar-refractivity contribution in [1.82, 2.24) is 0 Å². The molecule has 0 spiro atoms. The van der Waals surface area contributed by atoms with Gasteiger partial charge in [0, 0.05) is 17.1 Å². The first-order valence-corrected chi connectivity index (χ1v) is 16.8. The Balaban J connectivity index is 0.00000561. The average Bonchev–Trinajstić information content (AvgIpc) is 3.10. The summed E-state index contributed by atoms with van der Waals surface area (Å²) in [4.78, 5) is 3.41. The largest absolute Gasteiger partial charge is 1.00 e. The van der Waals surface area contributed by atoms with E-state index >= 15 is 0 Å². The van der Waals surface area contributed by atoms with Crippen molar-refractivity contribution in [3.05, 3.63) is 109 Å². The molecule has 0 saturated heterocycles. The smallest absolute Gasteiger partial charge is 0.871 e. The molecule has 6 aromatic rings. The number of fused-ring (bicyclic) bond motifs is 1. The summed E-state index contributed by atoms with van der Waals surface area (Å²) in [7, 11) is -4.90. The fraction of sp³-hybridized carbons (Fsp3) is 0. The Hall–Kier alpha value is -6.44. The van der Waals surface area contributed by atoms with Crippen molar-refractivity contribution >= 4 is 95.2 Å². The first kappa shape index (κ1) is 38.8. The second-order valence-electron chi connectivity index (χ2n) is 11.3. The summed E-state index contributed by atoms with van der Waals surface area (Å²) in [6.07, 6.45) is 0. The monoisotopic (exact) mass is 752 g/mol. The van der Waals surface area contributed by atoms with Crippen LogP contribution >= 0.6 is 0 Å². The molecule has 266 valence electrons. The van der Waals surface area contributed by atoms with Gasteiger partial charge in [0.2, 0.25) is 0 Å². The van der Waals surface area contributed by atoms with E-state index in [4.69, 9.17) is 22.9 Å². The molecule has 0 heterocycles. The number of hydrogen-bond donors (Lipinski definition) is 7. The number of aliphatic hydroxyl groups excluding tert-OH is 1. The van der Waals surface area contributed by atoms with E-state index in [-0.39, 0.29) is 51.7 Å². The number of hydrogen-bond acceptors (Lipinski definition) is 14. The molecule has 19 heteroatoms. The molecule has 17 nitrogen and oxygen atoms in total. The molecule has 54 heavy (non-hydrogen) atoms. The number of nitrogens with two attached hydrogens (primary N) is 4. The Kier molecular flexibility index (Phi) is 11.8. The van der Waals surface area contributed by atoms with Crippen molar-refractivity contribution in [3.63, 3.8) is 0 Å². The third-order valence-corrected chi connectivity index (χ3v) is 8.24. The van der Waals surface area contributed by atoms with Crippen molar-refractivity contribution in [2.45, 2.75) is 4.90 Å². The fourth-order valence-corrected chi connectivity index (χ4v) is 5.53. The third kappa shape index (κ3) is 9.50. The Morgan fingerprint density at radius 1 is 0.630 bits per heavy atom. The molecule has 0 atom stereocenters. The van der Waals surface area contributed by atoms with Gasteiger partial charge in [-0.3, -0.25) is 4.55 Å². The van der Waals surface area contributed by atoms with Crippen LogP contribution in [0.25, 0.3) is 10.8 Å². The quantitative estimate of drug-likeness (QED) is 0.0246. The maximum absolute atomic E-state index is 13.6. The van der Waals surface area contributed by atoms with E-state index in [1.807, 2.05) is 0 Å². The molecule has 0 aliphatic carbocycles. The molecule has 0 unspecified atom stereocenters. The first-order chi connectivity index (χ1) is 25.3. The van der Waals surface area contributed by atoms with Gasteiger partial charge in [0.05, 0.1) is 39.8 Å². The molecule has 0 bridgehead atoms. The van der Waals surface area contributed by atoms with Crippen molar-refractivity contribution < 1.29 is 52.7 Å². The van der Waals surface area contributed by atoms with Crippen LogP contribution in [0.3, 0.4) is 0 Å². The number of aliphatic imine (C=N–C) groups is 1. The van der Waals surface area contributed by atoms with E-state index in [0.29, 0.717) is 51.2 Å². The maximum Gasteiger partial charge on any atom is 1.00 e. The molecular formula is C35H29N12NaO5S. The number of rotatable bonds is 9. The minimum Gasteiger partial charge on any atom is -0.871 e. The predicted molar refractivity (Wildman–Crippen MR) is 203 cm³/mol. The number of nitrogens with zero attached hydrogens (tertiary/aromatic N) is 7. The van der Waals surface area contributed by atoms with Crippen LogP contribution < -0.4 is 62.9 Å². The van der Waals surface area contributed by atoms with Crippen LogP contribution in [-0.2, 0) is 10.1 Å². The molecule has 0 saturated carbocycles. The van der Waals surface area contributed by atoms with Crippen LogP contribution in [0, 0.1) is 0 Å². The van der Waals surface area contributed by atoms with E-state index in [1.165, 1.54) is 36.4 Å². The molecular weight excluding hydrogens is 724 g/mol. The fourth-order valence-electron chi connectivity index (χ4n) is 4.88. The topological polar surface area (TPSA) is 300 Å². The van der Waals surface area contributed by atoms with Gasteiger partial charge in [-0.15, -0.1) is 15.3 Å². The van der Waals surface area contributed by atoms with Crippen molar-refractivity contribution in [3.8, 4) is 5.75 Å². The molecule has 0 amide bonds. The van der Waals surface area contributed by atoms with Gasteiger partial charge < -0.3 is 38.5 Å². The Labute approximate surface area is 329 Å². The second kappa shape index (κ2) is 16.5. The molecule has 0 aliphatic rings. The molecule has 0 aromatic heterocycles. The Morgan fingerprint density at radius 3 is 1.80 bits per heavy atom. The van der Waals surface area contributed by atoms with Crippen molar-refractivity contribution in [2.75, 3.05) is 28.3 Å². The summed E-state index contributed by atoms with van der Waals surface area (Å²) in [6, 6.07) is 27.3. The Morgan fingerprint density at radius 2 is 1.19 bits per heavy atom. The standard InChI is InChI=1S/C35H30N12O5S.Na/c36-20-8-11-30(28(38)14-20)45-42-24-5-1-3-22(16-24)40-35(49)41-23-4-2-6-25(17-23)44-47-33-32(53(50,51)52)13-19-7-10-26(18-27(19)34(33)48)43-46-31-12-9-21(37)15-29(31)39;/h1-18,48H,36-39H2,(H2,40,41,49)(H,50,51,52);/q;+1/p-1. The third-order valence-electron chi connectivity index (χ3n) is 7.38. The zero-order valence-electron chi connectivity index (χ0n) is 28.4. The van der Waals surface area contributed by atoms with Crippen LogP contribution in [0.5, 0.6) is 5.75 Å². The summed E-state index contributed by atoms with van der Waals surface area (Å²) in [5.74, 6) is -0.833. The summed E-state index contributed by atoms with van der Waals surface area (Å²) in [6.45, 7) is 0. The van der Waals surface area contributed by atoms with Crippen molar-refractivity contribution in [1.29, 1.82) is 0 Å². The number of nitrogen functional groups attached to an aromatic ring is 4. The van der Waals surface area contributed by atoms with Crippen LogP contribution in [-0.4, -0.2) is 24.1 Å². The number of azo groups is 3. The van der Waals surface area contributed by atoms with Gasteiger partial charge in [-0.05, 0) is 102 Å². The normalized spacial score (nSPS) is 12.1. The molecule has 0 aliphatic heterocycles. The van der Waals surface area contributed by atoms with Gasteiger partial charge in [-0.2, -0.15) is 28.8 Å². The van der Waals surface area contributed by atoms with Crippen LogP contribution in [0.2, 0.25) is 0 Å². The summed E-state index contributed by atoms with van der Waals surface area (Å²) < 4.78 is 34.6. The summed E-state index contributed by atoms with van der Waals surface area (Å²) in [5.41, 5.74) is 26.6. The predicted octanol–water partition coefficient (Wildman–Crippen LogP) is 5.40.